The highest BCUT2D eigenvalue weighted by molar-refractivity contribution is 6.30. The largest absolute Gasteiger partial charge is 0.150 e. The lowest BCUT2D eigenvalue weighted by Crippen LogP contribution is -1.82. The van der Waals surface area contributed by atoms with Gasteiger partial charge in [0.1, 0.15) is 6.54 Å². The minimum atomic E-state index is 0.196. The van der Waals surface area contributed by atoms with Gasteiger partial charge in [-0.15, -0.1) is 0 Å². The molecule has 0 fully saturated rings. The minimum absolute atomic E-state index is 0.196. The zero-order chi connectivity index (χ0) is 8.27. The third-order valence-electron chi connectivity index (χ3n) is 1.35. The van der Waals surface area contributed by atoms with Gasteiger partial charge in [0.2, 0.25) is 0 Å². The molecule has 1 rings (SSSR count). The average Bonchev–Trinajstić information content (AvgIpc) is 1.85. The zero-order valence-electron chi connectivity index (χ0n) is 6.17. The number of halogens is 1. The standard InChI is InChI=1S/C8H8ClNO/c1-6-2-7(5-10-11)4-8(9)3-6/h2-4H,5H2,1H3. The van der Waals surface area contributed by atoms with E-state index in [0.29, 0.717) is 5.02 Å². The van der Waals surface area contributed by atoms with Gasteiger partial charge in [-0.1, -0.05) is 22.8 Å². The predicted molar refractivity (Wildman–Crippen MR) is 45.7 cm³/mol. The molecule has 1 aromatic rings. The third-order valence-corrected chi connectivity index (χ3v) is 1.57. The van der Waals surface area contributed by atoms with E-state index in [1.54, 1.807) is 6.07 Å². The lowest BCUT2D eigenvalue weighted by Gasteiger charge is -1.97. The molecule has 3 heteroatoms. The molecule has 58 valence electrons. The summed E-state index contributed by atoms with van der Waals surface area (Å²) >= 11 is 5.74. The molecular formula is C8H8ClNO. The van der Waals surface area contributed by atoms with Gasteiger partial charge in [-0.25, -0.2) is 0 Å². The summed E-state index contributed by atoms with van der Waals surface area (Å²) in [5.74, 6) is 0. The minimum Gasteiger partial charge on any atom is -0.150 e. The Kier molecular flexibility index (Phi) is 2.60. The molecule has 0 aliphatic heterocycles. The van der Waals surface area contributed by atoms with Gasteiger partial charge >= 0.3 is 0 Å². The second kappa shape index (κ2) is 3.49. The van der Waals surface area contributed by atoms with Crippen LogP contribution >= 0.6 is 11.6 Å². The Labute approximate surface area is 70.2 Å². The van der Waals surface area contributed by atoms with Crippen LogP contribution in [0.15, 0.2) is 23.4 Å². The van der Waals surface area contributed by atoms with E-state index in [4.69, 9.17) is 11.6 Å². The van der Waals surface area contributed by atoms with Crippen LogP contribution in [0.5, 0.6) is 0 Å². The summed E-state index contributed by atoms with van der Waals surface area (Å²) in [6, 6.07) is 5.49. The summed E-state index contributed by atoms with van der Waals surface area (Å²) in [5.41, 5.74) is 1.92. The Bertz CT molecular complexity index is 253. The normalized spacial score (nSPS) is 9.64. The fourth-order valence-corrected chi connectivity index (χ4v) is 1.29. The van der Waals surface area contributed by atoms with Crippen LogP contribution in [-0.2, 0) is 6.54 Å². The molecule has 0 unspecified atom stereocenters. The first-order valence-electron chi connectivity index (χ1n) is 3.27. The van der Waals surface area contributed by atoms with E-state index in [0.717, 1.165) is 11.1 Å². The smallest absolute Gasteiger partial charge is 0.106 e. The monoisotopic (exact) mass is 169 g/mol. The summed E-state index contributed by atoms with van der Waals surface area (Å²) in [6.45, 7) is 2.13. The molecule has 0 aliphatic carbocycles. The van der Waals surface area contributed by atoms with Gasteiger partial charge in [-0.3, -0.25) is 0 Å². The van der Waals surface area contributed by atoms with Crippen molar-refractivity contribution in [3.8, 4) is 0 Å². The van der Waals surface area contributed by atoms with Crippen LogP contribution < -0.4 is 0 Å². The Morgan fingerprint density at radius 3 is 2.73 bits per heavy atom. The number of hydrogen-bond acceptors (Lipinski definition) is 2. The summed E-state index contributed by atoms with van der Waals surface area (Å²) < 4.78 is 0. The number of rotatable bonds is 2. The second-order valence-electron chi connectivity index (χ2n) is 2.42. The van der Waals surface area contributed by atoms with E-state index >= 15 is 0 Å². The highest BCUT2D eigenvalue weighted by atomic mass is 35.5. The van der Waals surface area contributed by atoms with Gasteiger partial charge in [0.15, 0.2) is 0 Å². The van der Waals surface area contributed by atoms with E-state index in [2.05, 4.69) is 5.18 Å². The lowest BCUT2D eigenvalue weighted by molar-refractivity contribution is 1.05. The van der Waals surface area contributed by atoms with E-state index in [1.165, 1.54) is 0 Å². The van der Waals surface area contributed by atoms with Crippen molar-refractivity contribution >= 4 is 11.6 Å². The van der Waals surface area contributed by atoms with Crippen molar-refractivity contribution in [2.75, 3.05) is 0 Å². The van der Waals surface area contributed by atoms with Crippen molar-refractivity contribution in [2.45, 2.75) is 13.5 Å². The fraction of sp³-hybridized carbons (Fsp3) is 0.250. The maximum absolute atomic E-state index is 9.90. The van der Waals surface area contributed by atoms with Crippen LogP contribution in [0.4, 0.5) is 0 Å². The van der Waals surface area contributed by atoms with Crippen LogP contribution in [0.3, 0.4) is 0 Å². The summed E-state index contributed by atoms with van der Waals surface area (Å²) in [5, 5.41) is 3.44. The molecule has 0 radical (unpaired) electrons. The molecule has 0 aromatic heterocycles. The maximum atomic E-state index is 9.90. The fourth-order valence-electron chi connectivity index (χ4n) is 0.978. The van der Waals surface area contributed by atoms with Crippen LogP contribution in [0.1, 0.15) is 11.1 Å². The molecule has 0 aliphatic rings. The Morgan fingerprint density at radius 1 is 1.45 bits per heavy atom. The molecule has 1 aromatic carbocycles. The number of aryl methyl sites for hydroxylation is 1. The molecule has 0 amide bonds. The second-order valence-corrected chi connectivity index (χ2v) is 2.86. The van der Waals surface area contributed by atoms with E-state index in [9.17, 15) is 4.91 Å². The highest BCUT2D eigenvalue weighted by Crippen LogP contribution is 2.14. The number of benzene rings is 1. The molecule has 0 N–H and O–H groups in total. The first-order valence-corrected chi connectivity index (χ1v) is 3.65. The molecular weight excluding hydrogens is 162 g/mol. The SMILES string of the molecule is Cc1cc(Cl)cc(CN=O)c1. The van der Waals surface area contributed by atoms with Crippen LogP contribution in [0.2, 0.25) is 5.02 Å². The Morgan fingerprint density at radius 2 is 2.18 bits per heavy atom. The van der Waals surface area contributed by atoms with E-state index in [1.807, 2.05) is 19.1 Å². The molecule has 0 saturated carbocycles. The van der Waals surface area contributed by atoms with Gasteiger partial charge in [-0.2, -0.15) is 4.91 Å². The first kappa shape index (κ1) is 8.21. The highest BCUT2D eigenvalue weighted by Gasteiger charge is 1.95. The third kappa shape index (κ3) is 2.31. The number of nitrogens with zero attached hydrogens (tertiary/aromatic N) is 1. The van der Waals surface area contributed by atoms with Crippen LogP contribution in [0, 0.1) is 11.8 Å². The molecule has 11 heavy (non-hydrogen) atoms. The van der Waals surface area contributed by atoms with Gasteiger partial charge < -0.3 is 0 Å². The van der Waals surface area contributed by atoms with E-state index in [-0.39, 0.29) is 6.54 Å². The Hall–Kier alpha value is -0.890. The van der Waals surface area contributed by atoms with Crippen molar-refractivity contribution in [1.82, 2.24) is 0 Å². The topological polar surface area (TPSA) is 29.4 Å². The molecule has 0 bridgehead atoms. The molecule has 0 atom stereocenters. The van der Waals surface area contributed by atoms with Gasteiger partial charge in [0.25, 0.3) is 0 Å². The summed E-state index contributed by atoms with van der Waals surface area (Å²) in [4.78, 5) is 9.90. The van der Waals surface area contributed by atoms with Crippen LogP contribution in [0.25, 0.3) is 0 Å². The summed E-state index contributed by atoms with van der Waals surface area (Å²) in [7, 11) is 0. The molecule has 2 nitrogen and oxygen atoms in total. The van der Waals surface area contributed by atoms with Crippen molar-refractivity contribution in [3.05, 3.63) is 39.3 Å². The van der Waals surface area contributed by atoms with Crippen molar-refractivity contribution in [3.63, 3.8) is 0 Å². The van der Waals surface area contributed by atoms with Gasteiger partial charge in [0, 0.05) is 5.02 Å². The first-order chi connectivity index (χ1) is 5.22. The van der Waals surface area contributed by atoms with Gasteiger partial charge in [0.05, 0.1) is 0 Å². The molecule has 0 heterocycles. The number of hydrogen-bond donors (Lipinski definition) is 0. The Balaban J connectivity index is 2.98. The maximum Gasteiger partial charge on any atom is 0.106 e. The van der Waals surface area contributed by atoms with Crippen molar-refractivity contribution in [1.29, 1.82) is 0 Å². The van der Waals surface area contributed by atoms with Crippen LogP contribution in [-0.4, -0.2) is 0 Å². The zero-order valence-corrected chi connectivity index (χ0v) is 6.93. The van der Waals surface area contributed by atoms with Crippen molar-refractivity contribution < 1.29 is 0 Å². The molecule has 0 spiro atoms. The summed E-state index contributed by atoms with van der Waals surface area (Å²) in [6.07, 6.45) is 0. The van der Waals surface area contributed by atoms with Crippen molar-refractivity contribution in [2.24, 2.45) is 5.18 Å². The van der Waals surface area contributed by atoms with E-state index < -0.39 is 0 Å². The lowest BCUT2D eigenvalue weighted by atomic mass is 10.1. The predicted octanol–water partition coefficient (Wildman–Crippen LogP) is 2.91. The van der Waals surface area contributed by atoms with Gasteiger partial charge in [-0.05, 0) is 30.2 Å². The number of nitroso groups, excluding NO2 is 1. The quantitative estimate of drug-likeness (QED) is 0.626. The molecule has 0 saturated heterocycles. The average molecular weight is 170 g/mol.